The standard InChI is InChI=1S/C16H17N3O2S/c1-12-6-8-15(9-7-12)22(20,21)11-13(2)18-16-5-3-4-14(10-17)19-16/h3-9,13H,11H2,1-2H3,(H,18,19)/t13-/m0/s1. The molecule has 0 aliphatic carbocycles. The number of anilines is 1. The first kappa shape index (κ1) is 16.0. The Labute approximate surface area is 130 Å². The molecule has 2 aromatic rings. The second-order valence-electron chi connectivity index (χ2n) is 5.16. The van der Waals surface area contributed by atoms with Crippen LogP contribution in [-0.4, -0.2) is 25.2 Å². The maximum Gasteiger partial charge on any atom is 0.180 e. The van der Waals surface area contributed by atoms with Crippen molar-refractivity contribution in [1.82, 2.24) is 4.98 Å². The lowest BCUT2D eigenvalue weighted by Crippen LogP contribution is -2.26. The molecule has 0 bridgehead atoms. The van der Waals surface area contributed by atoms with Gasteiger partial charge in [-0.15, -0.1) is 0 Å². The molecule has 1 N–H and O–H groups in total. The first-order valence-corrected chi connectivity index (χ1v) is 8.49. The van der Waals surface area contributed by atoms with Gasteiger partial charge in [0, 0.05) is 6.04 Å². The van der Waals surface area contributed by atoms with Gasteiger partial charge in [0.25, 0.3) is 0 Å². The molecule has 114 valence electrons. The van der Waals surface area contributed by atoms with Crippen LogP contribution in [0.15, 0.2) is 47.4 Å². The Balaban J connectivity index is 2.09. The van der Waals surface area contributed by atoms with Crippen molar-refractivity contribution in [3.8, 4) is 6.07 Å². The lowest BCUT2D eigenvalue weighted by atomic mass is 10.2. The van der Waals surface area contributed by atoms with E-state index in [4.69, 9.17) is 5.26 Å². The molecule has 2 rings (SSSR count). The Hall–Kier alpha value is -2.39. The van der Waals surface area contributed by atoms with Crippen LogP contribution in [-0.2, 0) is 9.84 Å². The average Bonchev–Trinajstić information content (AvgIpc) is 2.47. The van der Waals surface area contributed by atoms with E-state index < -0.39 is 9.84 Å². The van der Waals surface area contributed by atoms with Crippen molar-refractivity contribution in [2.24, 2.45) is 0 Å². The molecule has 0 saturated heterocycles. The van der Waals surface area contributed by atoms with Gasteiger partial charge in [0.05, 0.1) is 10.6 Å². The first-order valence-electron chi connectivity index (χ1n) is 6.84. The molecule has 0 aliphatic heterocycles. The van der Waals surface area contributed by atoms with E-state index >= 15 is 0 Å². The maximum absolute atomic E-state index is 12.4. The van der Waals surface area contributed by atoms with Crippen LogP contribution in [0.1, 0.15) is 18.2 Å². The first-order chi connectivity index (χ1) is 10.4. The van der Waals surface area contributed by atoms with Gasteiger partial charge in [-0.2, -0.15) is 5.26 Å². The summed E-state index contributed by atoms with van der Waals surface area (Å²) in [6.45, 7) is 3.68. The summed E-state index contributed by atoms with van der Waals surface area (Å²) in [5, 5.41) is 11.8. The number of hydrogen-bond acceptors (Lipinski definition) is 5. The maximum atomic E-state index is 12.4. The third-order valence-electron chi connectivity index (χ3n) is 3.11. The number of nitriles is 1. The highest BCUT2D eigenvalue weighted by molar-refractivity contribution is 7.91. The quantitative estimate of drug-likeness (QED) is 0.916. The molecule has 1 atom stereocenters. The SMILES string of the molecule is Cc1ccc(S(=O)(=O)C[C@H](C)Nc2cccc(C#N)n2)cc1. The van der Waals surface area contributed by atoms with E-state index in [9.17, 15) is 8.42 Å². The van der Waals surface area contributed by atoms with Crippen molar-refractivity contribution in [2.45, 2.75) is 24.8 Å². The third-order valence-corrected chi connectivity index (χ3v) is 5.04. The zero-order chi connectivity index (χ0) is 16.2. The number of benzene rings is 1. The fourth-order valence-corrected chi connectivity index (χ4v) is 3.53. The molecule has 1 aromatic carbocycles. The van der Waals surface area contributed by atoms with Crippen LogP contribution in [0.2, 0.25) is 0 Å². The van der Waals surface area contributed by atoms with E-state index in [1.807, 2.05) is 13.0 Å². The van der Waals surface area contributed by atoms with Crippen LogP contribution in [0, 0.1) is 18.3 Å². The molecule has 1 aromatic heterocycles. The van der Waals surface area contributed by atoms with Crippen LogP contribution >= 0.6 is 0 Å². The summed E-state index contributed by atoms with van der Waals surface area (Å²) < 4.78 is 24.7. The average molecular weight is 315 g/mol. The molecule has 0 radical (unpaired) electrons. The van der Waals surface area contributed by atoms with Crippen LogP contribution in [0.5, 0.6) is 0 Å². The molecule has 0 aliphatic rings. The van der Waals surface area contributed by atoms with Gasteiger partial charge in [-0.1, -0.05) is 23.8 Å². The van der Waals surface area contributed by atoms with Crippen molar-refractivity contribution >= 4 is 15.7 Å². The number of hydrogen-bond donors (Lipinski definition) is 1. The molecule has 22 heavy (non-hydrogen) atoms. The fraction of sp³-hybridized carbons (Fsp3) is 0.250. The van der Waals surface area contributed by atoms with Crippen molar-refractivity contribution in [2.75, 3.05) is 11.1 Å². The van der Waals surface area contributed by atoms with Gasteiger partial charge in [-0.3, -0.25) is 0 Å². The highest BCUT2D eigenvalue weighted by Crippen LogP contribution is 2.15. The normalized spacial score (nSPS) is 12.4. The number of nitrogens with zero attached hydrogens (tertiary/aromatic N) is 2. The van der Waals surface area contributed by atoms with Crippen LogP contribution in [0.25, 0.3) is 0 Å². The van der Waals surface area contributed by atoms with Gasteiger partial charge in [-0.25, -0.2) is 13.4 Å². The van der Waals surface area contributed by atoms with Crippen LogP contribution in [0.3, 0.4) is 0 Å². The monoisotopic (exact) mass is 315 g/mol. The Bertz CT molecular complexity index is 793. The molecule has 0 amide bonds. The molecule has 0 fully saturated rings. The van der Waals surface area contributed by atoms with Crippen molar-refractivity contribution in [1.29, 1.82) is 5.26 Å². The zero-order valence-electron chi connectivity index (χ0n) is 12.4. The van der Waals surface area contributed by atoms with Gasteiger partial charge in [0.1, 0.15) is 17.6 Å². The smallest absolute Gasteiger partial charge is 0.180 e. The van der Waals surface area contributed by atoms with Crippen LogP contribution < -0.4 is 5.32 Å². The minimum Gasteiger partial charge on any atom is -0.367 e. The van der Waals surface area contributed by atoms with Crippen molar-refractivity contribution in [3.05, 3.63) is 53.7 Å². The molecule has 5 nitrogen and oxygen atoms in total. The van der Waals surface area contributed by atoms with Gasteiger partial charge in [-0.05, 0) is 38.1 Å². The Morgan fingerprint density at radius 2 is 1.91 bits per heavy atom. The van der Waals surface area contributed by atoms with Gasteiger partial charge < -0.3 is 5.32 Å². The minimum atomic E-state index is -3.37. The lowest BCUT2D eigenvalue weighted by Gasteiger charge is -2.15. The number of sulfone groups is 1. The largest absolute Gasteiger partial charge is 0.367 e. The zero-order valence-corrected chi connectivity index (χ0v) is 13.3. The summed E-state index contributed by atoms with van der Waals surface area (Å²) in [7, 11) is -3.37. The predicted molar refractivity (Wildman–Crippen MR) is 85.3 cm³/mol. The second kappa shape index (κ2) is 6.58. The highest BCUT2D eigenvalue weighted by atomic mass is 32.2. The fourth-order valence-electron chi connectivity index (χ4n) is 2.04. The molecule has 1 heterocycles. The number of nitrogens with one attached hydrogen (secondary N) is 1. The molecule has 6 heteroatoms. The summed E-state index contributed by atoms with van der Waals surface area (Å²) in [6.07, 6.45) is 0. The molecule has 0 unspecified atom stereocenters. The Kier molecular flexibility index (Phi) is 4.78. The minimum absolute atomic E-state index is 0.0471. The molecular formula is C16H17N3O2S. The van der Waals surface area contributed by atoms with Gasteiger partial charge in [0.15, 0.2) is 9.84 Å². The molecular weight excluding hydrogens is 298 g/mol. The third kappa shape index (κ3) is 4.06. The highest BCUT2D eigenvalue weighted by Gasteiger charge is 2.18. The summed E-state index contributed by atoms with van der Waals surface area (Å²) in [5.41, 5.74) is 1.31. The van der Waals surface area contributed by atoms with Crippen molar-refractivity contribution < 1.29 is 8.42 Å². The number of pyridine rings is 1. The van der Waals surface area contributed by atoms with Gasteiger partial charge in [0.2, 0.25) is 0 Å². The Morgan fingerprint density at radius 3 is 2.55 bits per heavy atom. The van der Waals surface area contributed by atoms with Crippen molar-refractivity contribution in [3.63, 3.8) is 0 Å². The van der Waals surface area contributed by atoms with E-state index in [-0.39, 0.29) is 11.8 Å². The number of rotatable bonds is 5. The summed E-state index contributed by atoms with van der Waals surface area (Å²) >= 11 is 0. The lowest BCUT2D eigenvalue weighted by molar-refractivity contribution is 0.592. The summed E-state index contributed by atoms with van der Waals surface area (Å²) in [6, 6.07) is 13.4. The second-order valence-corrected chi connectivity index (χ2v) is 7.19. The van der Waals surface area contributed by atoms with E-state index in [1.54, 1.807) is 49.4 Å². The van der Waals surface area contributed by atoms with E-state index in [0.29, 0.717) is 16.4 Å². The number of aromatic nitrogens is 1. The summed E-state index contributed by atoms with van der Waals surface area (Å²) in [4.78, 5) is 4.39. The molecule has 0 saturated carbocycles. The van der Waals surface area contributed by atoms with E-state index in [2.05, 4.69) is 10.3 Å². The van der Waals surface area contributed by atoms with Gasteiger partial charge >= 0.3 is 0 Å². The topological polar surface area (TPSA) is 82.9 Å². The summed E-state index contributed by atoms with van der Waals surface area (Å²) in [5.74, 6) is 0.444. The molecule has 0 spiro atoms. The Morgan fingerprint density at radius 1 is 1.23 bits per heavy atom. The predicted octanol–water partition coefficient (Wildman–Crippen LogP) is 2.54. The van der Waals surface area contributed by atoms with Crippen LogP contribution in [0.4, 0.5) is 5.82 Å². The van der Waals surface area contributed by atoms with E-state index in [1.165, 1.54) is 0 Å². The van der Waals surface area contributed by atoms with E-state index in [0.717, 1.165) is 5.56 Å². The number of aryl methyl sites for hydroxylation is 1.